The van der Waals surface area contributed by atoms with Crippen LogP contribution in [-0.4, -0.2) is 54.8 Å². The van der Waals surface area contributed by atoms with E-state index in [-0.39, 0.29) is 6.42 Å². The fourth-order valence-electron chi connectivity index (χ4n) is 2.05. The van der Waals surface area contributed by atoms with Gasteiger partial charge < -0.3 is 14.2 Å². The number of likely N-dealkylation sites (tertiary alicyclic amines) is 1. The number of carbonyl (C=O) groups is 3. The molecule has 0 bridgehead atoms. The lowest BCUT2D eigenvalue weighted by atomic mass is 9.82. The van der Waals surface area contributed by atoms with Gasteiger partial charge in [-0.2, -0.15) is 0 Å². The van der Waals surface area contributed by atoms with E-state index >= 15 is 0 Å². The number of hydrogen-bond acceptors (Lipinski definition) is 6. The number of ether oxygens (including phenoxy) is 3. The third kappa shape index (κ3) is 3.20. The molecule has 0 N–H and O–H groups in total. The lowest BCUT2D eigenvalue weighted by molar-refractivity contribution is -0.170. The van der Waals surface area contributed by atoms with Crippen molar-refractivity contribution >= 4 is 18.0 Å². The zero-order valence-corrected chi connectivity index (χ0v) is 12.5. The molecule has 7 heteroatoms. The van der Waals surface area contributed by atoms with Crippen molar-refractivity contribution in [2.45, 2.75) is 44.8 Å². The van der Waals surface area contributed by atoms with Crippen LogP contribution in [0.25, 0.3) is 0 Å². The Morgan fingerprint density at radius 2 is 1.75 bits per heavy atom. The van der Waals surface area contributed by atoms with E-state index in [4.69, 9.17) is 9.47 Å². The molecule has 1 rings (SSSR count). The van der Waals surface area contributed by atoms with Crippen molar-refractivity contribution < 1.29 is 28.6 Å². The first-order chi connectivity index (χ1) is 9.16. The maximum Gasteiger partial charge on any atom is 0.411 e. The second kappa shape index (κ2) is 5.68. The maximum absolute atomic E-state index is 12.1. The summed E-state index contributed by atoms with van der Waals surface area (Å²) in [5.41, 5.74) is -2.00. The molecule has 0 spiro atoms. The Morgan fingerprint density at radius 1 is 1.15 bits per heavy atom. The van der Waals surface area contributed by atoms with Gasteiger partial charge in [0.05, 0.1) is 20.6 Å². The lowest BCUT2D eigenvalue weighted by Gasteiger charge is -2.49. The van der Waals surface area contributed by atoms with Crippen LogP contribution in [0.15, 0.2) is 0 Å². The van der Waals surface area contributed by atoms with Crippen LogP contribution in [-0.2, 0) is 23.8 Å². The molecule has 0 aliphatic carbocycles. The number of hydrogen-bond donors (Lipinski definition) is 0. The van der Waals surface area contributed by atoms with Gasteiger partial charge in [-0.15, -0.1) is 0 Å². The maximum atomic E-state index is 12.1. The van der Waals surface area contributed by atoms with Crippen LogP contribution in [0.4, 0.5) is 4.79 Å². The van der Waals surface area contributed by atoms with Gasteiger partial charge in [-0.25, -0.2) is 9.59 Å². The van der Waals surface area contributed by atoms with Crippen LogP contribution in [0.5, 0.6) is 0 Å². The summed E-state index contributed by atoms with van der Waals surface area (Å²) in [6.45, 7) is 5.52. The predicted molar refractivity (Wildman–Crippen MR) is 68.9 cm³/mol. The minimum absolute atomic E-state index is 0.241. The number of esters is 2. The summed E-state index contributed by atoms with van der Waals surface area (Å²) in [7, 11) is 2.44. The molecule has 1 unspecified atom stereocenters. The van der Waals surface area contributed by atoms with E-state index in [2.05, 4.69) is 4.74 Å². The van der Waals surface area contributed by atoms with Crippen molar-refractivity contribution in [1.82, 2.24) is 4.90 Å². The first kappa shape index (κ1) is 16.3. The quantitative estimate of drug-likeness (QED) is 0.571. The molecule has 114 valence electrons. The minimum atomic E-state index is -1.32. The fourth-order valence-corrected chi connectivity index (χ4v) is 2.05. The molecule has 1 aliphatic heterocycles. The van der Waals surface area contributed by atoms with Gasteiger partial charge in [0, 0.05) is 6.54 Å². The summed E-state index contributed by atoms with van der Waals surface area (Å²) in [4.78, 5) is 36.8. The molecule has 0 saturated carbocycles. The Labute approximate surface area is 118 Å². The van der Waals surface area contributed by atoms with Gasteiger partial charge in [0.1, 0.15) is 5.60 Å². The zero-order chi connectivity index (χ0) is 15.6. The molecule has 1 aliphatic rings. The highest BCUT2D eigenvalue weighted by Crippen LogP contribution is 2.36. The van der Waals surface area contributed by atoms with Crippen LogP contribution in [0.1, 0.15) is 33.6 Å². The number of nitrogens with zero attached hydrogens (tertiary/aromatic N) is 1. The van der Waals surface area contributed by atoms with Gasteiger partial charge in [-0.05, 0) is 27.2 Å². The first-order valence-corrected chi connectivity index (χ1v) is 6.32. The fraction of sp³-hybridized carbons (Fsp3) is 0.769. The highest BCUT2D eigenvalue weighted by Gasteiger charge is 2.57. The highest BCUT2D eigenvalue weighted by atomic mass is 16.6. The largest absolute Gasteiger partial charge is 0.469 e. The van der Waals surface area contributed by atoms with Gasteiger partial charge in [-0.3, -0.25) is 9.69 Å². The molecule has 0 radical (unpaired) electrons. The molecule has 1 fully saturated rings. The Bertz CT molecular complexity index is 414. The van der Waals surface area contributed by atoms with Crippen molar-refractivity contribution in [2.75, 3.05) is 20.8 Å². The molecular formula is C13H21NO6. The second-order valence-corrected chi connectivity index (χ2v) is 5.66. The number of rotatable bonds is 3. The highest BCUT2D eigenvalue weighted by molar-refractivity contribution is 5.92. The molecule has 0 aromatic heterocycles. The number of amides is 1. The molecule has 7 nitrogen and oxygen atoms in total. The van der Waals surface area contributed by atoms with Crippen LogP contribution in [0.3, 0.4) is 0 Å². The Hall–Kier alpha value is -1.79. The van der Waals surface area contributed by atoms with E-state index in [9.17, 15) is 14.4 Å². The molecule has 0 aromatic rings. The van der Waals surface area contributed by atoms with Crippen molar-refractivity contribution in [2.24, 2.45) is 0 Å². The predicted octanol–water partition coefficient (Wildman–Crippen LogP) is 1.10. The van der Waals surface area contributed by atoms with Gasteiger partial charge in [0.25, 0.3) is 0 Å². The third-order valence-corrected chi connectivity index (χ3v) is 3.11. The standard InChI is InChI=1S/C13H21NO6/c1-12(2,3)20-11(17)14-7-6-13(14,10(16)19-5)8-9(15)18-4/h6-8H2,1-5H3. The van der Waals surface area contributed by atoms with Crippen molar-refractivity contribution in [1.29, 1.82) is 0 Å². The number of methoxy groups -OCH3 is 2. The summed E-state index contributed by atoms with van der Waals surface area (Å²) >= 11 is 0. The Kier molecular flexibility index (Phi) is 4.62. The van der Waals surface area contributed by atoms with Crippen LogP contribution in [0, 0.1) is 0 Å². The Morgan fingerprint density at radius 3 is 2.10 bits per heavy atom. The molecule has 1 atom stereocenters. The van der Waals surface area contributed by atoms with E-state index in [1.54, 1.807) is 20.8 Å². The molecule has 1 heterocycles. The lowest BCUT2D eigenvalue weighted by Crippen LogP contribution is -2.68. The normalized spacial score (nSPS) is 21.8. The average Bonchev–Trinajstić information content (AvgIpc) is 2.30. The van der Waals surface area contributed by atoms with Crippen LogP contribution < -0.4 is 0 Å². The summed E-state index contributed by atoms with van der Waals surface area (Å²) in [5, 5.41) is 0. The molecular weight excluding hydrogens is 266 g/mol. The minimum Gasteiger partial charge on any atom is -0.469 e. The van der Waals surface area contributed by atoms with Crippen LogP contribution in [0.2, 0.25) is 0 Å². The van der Waals surface area contributed by atoms with E-state index in [0.29, 0.717) is 13.0 Å². The van der Waals surface area contributed by atoms with Crippen molar-refractivity contribution in [3.63, 3.8) is 0 Å². The monoisotopic (exact) mass is 287 g/mol. The SMILES string of the molecule is COC(=O)CC1(C(=O)OC)CCN1C(=O)OC(C)(C)C. The topological polar surface area (TPSA) is 82.1 Å². The second-order valence-electron chi connectivity index (χ2n) is 5.66. The Balaban J connectivity index is 2.93. The average molecular weight is 287 g/mol. The van der Waals surface area contributed by atoms with E-state index < -0.39 is 29.2 Å². The van der Waals surface area contributed by atoms with Gasteiger partial charge >= 0.3 is 18.0 Å². The zero-order valence-electron chi connectivity index (χ0n) is 12.5. The molecule has 1 saturated heterocycles. The summed E-state index contributed by atoms with van der Waals surface area (Å²) < 4.78 is 14.5. The van der Waals surface area contributed by atoms with E-state index in [0.717, 1.165) is 0 Å². The first-order valence-electron chi connectivity index (χ1n) is 6.32. The van der Waals surface area contributed by atoms with Gasteiger partial charge in [0.15, 0.2) is 5.54 Å². The van der Waals surface area contributed by atoms with E-state index in [1.165, 1.54) is 19.1 Å². The van der Waals surface area contributed by atoms with E-state index in [1.807, 2.05) is 0 Å². The summed E-state index contributed by atoms with van der Waals surface area (Å²) in [6.07, 6.45) is -0.540. The third-order valence-electron chi connectivity index (χ3n) is 3.11. The smallest absolute Gasteiger partial charge is 0.411 e. The summed E-state index contributed by atoms with van der Waals surface area (Å²) in [5.74, 6) is -1.22. The summed E-state index contributed by atoms with van der Waals surface area (Å²) in [6, 6.07) is 0. The molecule has 0 aromatic carbocycles. The molecule has 20 heavy (non-hydrogen) atoms. The van der Waals surface area contributed by atoms with Crippen LogP contribution >= 0.6 is 0 Å². The van der Waals surface area contributed by atoms with Gasteiger partial charge in [-0.1, -0.05) is 0 Å². The molecule has 1 amide bonds. The van der Waals surface area contributed by atoms with Gasteiger partial charge in [0.2, 0.25) is 0 Å². The van der Waals surface area contributed by atoms with Crippen molar-refractivity contribution in [3.05, 3.63) is 0 Å². The van der Waals surface area contributed by atoms with Crippen molar-refractivity contribution in [3.8, 4) is 0 Å². The number of carbonyl (C=O) groups excluding carboxylic acids is 3.